The van der Waals surface area contributed by atoms with Crippen molar-refractivity contribution in [2.75, 3.05) is 13.2 Å². The fourth-order valence-corrected chi connectivity index (χ4v) is 9.17. The summed E-state index contributed by atoms with van der Waals surface area (Å²) in [7, 11) is 0. The molecule has 0 saturated heterocycles. The molecule has 0 spiro atoms. The van der Waals surface area contributed by atoms with Gasteiger partial charge in [0.2, 0.25) is 0 Å². The van der Waals surface area contributed by atoms with E-state index in [9.17, 15) is 14.4 Å². The van der Waals surface area contributed by atoms with E-state index < -0.39 is 6.10 Å². The van der Waals surface area contributed by atoms with Gasteiger partial charge in [-0.1, -0.05) is 298 Å². The van der Waals surface area contributed by atoms with Gasteiger partial charge in [-0.3, -0.25) is 14.4 Å². The van der Waals surface area contributed by atoms with Crippen LogP contribution in [0.3, 0.4) is 0 Å². The molecule has 0 heterocycles. The maximum absolute atomic E-state index is 12.9. The third kappa shape index (κ3) is 63.0. The van der Waals surface area contributed by atoms with Crippen molar-refractivity contribution in [3.8, 4) is 0 Å². The number of rotatable bonds is 59. The van der Waals surface area contributed by atoms with Gasteiger partial charge in [-0.15, -0.1) is 0 Å². The van der Waals surface area contributed by atoms with E-state index in [0.29, 0.717) is 19.3 Å². The van der Waals surface area contributed by atoms with Crippen LogP contribution in [0.1, 0.15) is 316 Å². The van der Waals surface area contributed by atoms with Gasteiger partial charge in [0.25, 0.3) is 0 Å². The van der Waals surface area contributed by atoms with Crippen LogP contribution in [0.4, 0.5) is 0 Å². The molecule has 0 aliphatic carbocycles. The molecule has 0 aromatic carbocycles. The summed E-state index contributed by atoms with van der Waals surface area (Å²) >= 11 is 0. The Morgan fingerprint density at radius 1 is 0.273 bits per heavy atom. The topological polar surface area (TPSA) is 78.9 Å². The molecule has 0 saturated carbocycles. The van der Waals surface area contributed by atoms with Crippen molar-refractivity contribution in [1.82, 2.24) is 0 Å². The molecule has 0 aliphatic rings. The Labute approximate surface area is 477 Å². The third-order valence-electron chi connectivity index (χ3n) is 14.1. The number of carbonyl (C=O) groups excluding carboxylic acids is 3. The highest BCUT2D eigenvalue weighted by atomic mass is 16.6. The van der Waals surface area contributed by atoms with Crippen molar-refractivity contribution >= 4 is 17.9 Å². The zero-order valence-corrected chi connectivity index (χ0v) is 50.7. The van der Waals surface area contributed by atoms with Gasteiger partial charge in [-0.2, -0.15) is 0 Å². The van der Waals surface area contributed by atoms with E-state index in [0.717, 1.165) is 122 Å². The number of esters is 3. The second kappa shape index (κ2) is 64.9. The monoisotopic (exact) mass is 1070 g/mol. The lowest BCUT2D eigenvalue weighted by atomic mass is 10.0. The minimum absolute atomic E-state index is 0.0798. The van der Waals surface area contributed by atoms with Crippen molar-refractivity contribution in [3.05, 3.63) is 97.2 Å². The van der Waals surface area contributed by atoms with Gasteiger partial charge in [-0.05, 0) is 96.3 Å². The predicted molar refractivity (Wildman–Crippen MR) is 334 cm³/mol. The summed E-state index contributed by atoms with van der Waals surface area (Å²) in [6.07, 6.45) is 87.0. The molecule has 0 amide bonds. The fourth-order valence-electron chi connectivity index (χ4n) is 9.17. The highest BCUT2D eigenvalue weighted by Gasteiger charge is 2.19. The molecular weight excluding hydrogens is 949 g/mol. The molecule has 0 N–H and O–H groups in total. The Kier molecular flexibility index (Phi) is 61.8. The Bertz CT molecular complexity index is 1510. The second-order valence-corrected chi connectivity index (χ2v) is 21.6. The van der Waals surface area contributed by atoms with Gasteiger partial charge in [0.05, 0.1) is 0 Å². The molecule has 0 aliphatic heterocycles. The maximum atomic E-state index is 12.9. The number of hydrogen-bond donors (Lipinski definition) is 0. The van der Waals surface area contributed by atoms with Gasteiger partial charge < -0.3 is 14.2 Å². The van der Waals surface area contributed by atoms with E-state index in [1.807, 2.05) is 0 Å². The van der Waals surface area contributed by atoms with E-state index in [1.165, 1.54) is 154 Å². The summed E-state index contributed by atoms with van der Waals surface area (Å²) in [5.74, 6) is -0.884. The van der Waals surface area contributed by atoms with E-state index in [-0.39, 0.29) is 31.1 Å². The van der Waals surface area contributed by atoms with Gasteiger partial charge >= 0.3 is 17.9 Å². The standard InChI is InChI=1S/C71H122O6/c1-4-7-10-13-16-19-22-25-28-29-30-31-32-33-34-35-36-37-38-39-40-41-42-43-44-47-49-52-55-58-61-64-70(73)76-67-68(77-71(74)65-62-59-56-53-50-46-27-24-21-18-15-12-9-6-3)66-75-69(72)63-60-57-54-51-48-45-26-23-20-17-14-11-8-5-2/h7,10,15-16,18-19,24-25,27-28,30-31,33-34,36-37,68H,4-6,8-9,11-14,17,20-23,26,29,32,35,38-67H2,1-3H3/b10-7-,18-15-,19-16-,27-24-,28-25-,31-30-,34-33-,37-36-. The summed E-state index contributed by atoms with van der Waals surface area (Å²) in [5, 5.41) is 0. The highest BCUT2D eigenvalue weighted by molar-refractivity contribution is 5.71. The lowest BCUT2D eigenvalue weighted by molar-refractivity contribution is -0.167. The molecule has 0 rings (SSSR count). The van der Waals surface area contributed by atoms with Crippen molar-refractivity contribution < 1.29 is 28.6 Å². The molecule has 77 heavy (non-hydrogen) atoms. The minimum atomic E-state index is -0.784. The van der Waals surface area contributed by atoms with Crippen LogP contribution in [0.25, 0.3) is 0 Å². The van der Waals surface area contributed by atoms with E-state index in [2.05, 4.69) is 118 Å². The van der Waals surface area contributed by atoms with Crippen LogP contribution in [0, 0.1) is 0 Å². The molecule has 0 aromatic rings. The first-order valence-electron chi connectivity index (χ1n) is 32.7. The summed E-state index contributed by atoms with van der Waals surface area (Å²) < 4.78 is 16.9. The molecule has 0 aromatic heterocycles. The van der Waals surface area contributed by atoms with Crippen molar-refractivity contribution in [2.45, 2.75) is 322 Å². The molecule has 0 fully saturated rings. The van der Waals surface area contributed by atoms with Crippen LogP contribution in [-0.4, -0.2) is 37.2 Å². The van der Waals surface area contributed by atoms with Gasteiger partial charge in [0, 0.05) is 19.3 Å². The lowest BCUT2D eigenvalue weighted by Gasteiger charge is -2.18. The average Bonchev–Trinajstić information content (AvgIpc) is 3.43. The number of hydrogen-bond acceptors (Lipinski definition) is 6. The second-order valence-electron chi connectivity index (χ2n) is 21.6. The van der Waals surface area contributed by atoms with Gasteiger partial charge in [0.15, 0.2) is 6.10 Å². The smallest absolute Gasteiger partial charge is 0.306 e. The third-order valence-corrected chi connectivity index (χ3v) is 14.1. The van der Waals surface area contributed by atoms with Crippen LogP contribution >= 0.6 is 0 Å². The molecule has 6 heteroatoms. The summed E-state index contributed by atoms with van der Waals surface area (Å²) in [4.78, 5) is 38.3. The molecule has 0 bridgehead atoms. The largest absolute Gasteiger partial charge is 0.462 e. The Morgan fingerprint density at radius 2 is 0.519 bits per heavy atom. The number of ether oxygens (including phenoxy) is 3. The quantitative estimate of drug-likeness (QED) is 0.0261. The predicted octanol–water partition coefficient (Wildman–Crippen LogP) is 22.4. The van der Waals surface area contributed by atoms with Crippen LogP contribution in [0.2, 0.25) is 0 Å². The molecule has 0 radical (unpaired) electrons. The van der Waals surface area contributed by atoms with Crippen LogP contribution in [0.5, 0.6) is 0 Å². The molecule has 1 atom stereocenters. The average molecular weight is 1070 g/mol. The SMILES string of the molecule is CC/C=C\C/C=C\C/C=C\C/C=C\C/C=C\C/C=C\CCCCCCCCCCCCCCC(=O)OCC(COC(=O)CCCCCCCCCCCCCCCC)OC(=O)CCCCCCC/C=C\C/C=C\CCCC. The number of carbonyl (C=O) groups is 3. The Hall–Kier alpha value is -3.67. The Balaban J connectivity index is 4.22. The van der Waals surface area contributed by atoms with Crippen LogP contribution in [-0.2, 0) is 28.6 Å². The van der Waals surface area contributed by atoms with Crippen molar-refractivity contribution in [2.24, 2.45) is 0 Å². The van der Waals surface area contributed by atoms with Gasteiger partial charge in [-0.25, -0.2) is 0 Å². The first-order valence-corrected chi connectivity index (χ1v) is 32.7. The van der Waals surface area contributed by atoms with Crippen LogP contribution in [0.15, 0.2) is 97.2 Å². The lowest BCUT2D eigenvalue weighted by Crippen LogP contribution is -2.30. The molecular formula is C71H122O6. The molecule has 1 unspecified atom stereocenters. The summed E-state index contributed by atoms with van der Waals surface area (Å²) in [6.45, 7) is 6.50. The number of unbranched alkanes of at least 4 members (excludes halogenated alkanes) is 32. The summed E-state index contributed by atoms with van der Waals surface area (Å²) in [6, 6.07) is 0. The van der Waals surface area contributed by atoms with Crippen molar-refractivity contribution in [1.29, 1.82) is 0 Å². The van der Waals surface area contributed by atoms with E-state index >= 15 is 0 Å². The number of allylic oxidation sites excluding steroid dienone is 16. The van der Waals surface area contributed by atoms with Crippen molar-refractivity contribution in [3.63, 3.8) is 0 Å². The minimum Gasteiger partial charge on any atom is -0.462 e. The van der Waals surface area contributed by atoms with E-state index in [4.69, 9.17) is 14.2 Å². The Morgan fingerprint density at radius 3 is 0.831 bits per heavy atom. The molecule has 442 valence electrons. The molecule has 6 nitrogen and oxygen atoms in total. The first-order chi connectivity index (χ1) is 38.0. The zero-order chi connectivity index (χ0) is 55.7. The highest BCUT2D eigenvalue weighted by Crippen LogP contribution is 2.17. The zero-order valence-electron chi connectivity index (χ0n) is 50.7. The maximum Gasteiger partial charge on any atom is 0.306 e. The van der Waals surface area contributed by atoms with Crippen LogP contribution < -0.4 is 0 Å². The van der Waals surface area contributed by atoms with Gasteiger partial charge in [0.1, 0.15) is 13.2 Å². The normalized spacial score (nSPS) is 12.7. The van der Waals surface area contributed by atoms with E-state index in [1.54, 1.807) is 0 Å². The summed E-state index contributed by atoms with van der Waals surface area (Å²) in [5.41, 5.74) is 0. The first kappa shape index (κ1) is 73.3. The fraction of sp³-hybridized carbons (Fsp3) is 0.732.